The topological polar surface area (TPSA) is 86.8 Å². The number of carbonyl (C=O) groups is 2. The summed E-state index contributed by atoms with van der Waals surface area (Å²) in [5.74, 6) is -0.646. The van der Waals surface area contributed by atoms with E-state index in [4.69, 9.17) is 0 Å². The summed E-state index contributed by atoms with van der Waals surface area (Å²) in [4.78, 5) is 29.5. The summed E-state index contributed by atoms with van der Waals surface area (Å²) < 4.78 is 26.9. The van der Waals surface area contributed by atoms with Gasteiger partial charge >= 0.3 is 0 Å². The lowest BCUT2D eigenvalue weighted by Gasteiger charge is -2.34. The minimum Gasteiger partial charge on any atom is -0.352 e. The van der Waals surface area contributed by atoms with Crippen LogP contribution < -0.4 is 9.62 Å². The number of rotatable bonds is 11. The van der Waals surface area contributed by atoms with Crippen LogP contribution in [0.15, 0.2) is 78.9 Å². The van der Waals surface area contributed by atoms with Gasteiger partial charge in [0.1, 0.15) is 12.6 Å². The third-order valence-corrected chi connectivity index (χ3v) is 8.56. The number of hydrogen-bond donors (Lipinski definition) is 1. The predicted molar refractivity (Wildman–Crippen MR) is 159 cm³/mol. The Hall–Kier alpha value is -3.65. The molecule has 7 nitrogen and oxygen atoms in total. The lowest BCUT2D eigenvalue weighted by Crippen LogP contribution is -2.54. The average molecular weight is 562 g/mol. The average Bonchev–Trinajstić information content (AvgIpc) is 3.43. The summed E-state index contributed by atoms with van der Waals surface area (Å²) in [6, 6.07) is 23.8. The lowest BCUT2D eigenvalue weighted by molar-refractivity contribution is -0.140. The van der Waals surface area contributed by atoms with Gasteiger partial charge in [-0.3, -0.25) is 13.9 Å². The van der Waals surface area contributed by atoms with E-state index in [-0.39, 0.29) is 18.5 Å². The molecular formula is C32H39N3O4S. The molecule has 0 spiro atoms. The standard InChI is InChI=1S/C32H39N3O4S/c1-24-16-18-27(19-17-24)22-34(31(36)23-35(40(3,38)39)29-15-9-10-25(2)20-29)30(21-26-11-5-4-6-12-26)32(37)33-28-13-7-8-14-28/h4-6,9-12,15-20,28,30H,7-8,13-14,21-23H2,1-3H3,(H,33,37)/t30-/m0/s1. The van der Waals surface area contributed by atoms with E-state index in [0.29, 0.717) is 12.1 Å². The second-order valence-electron chi connectivity index (χ2n) is 10.8. The molecule has 0 aromatic heterocycles. The Morgan fingerprint density at radius 3 is 2.17 bits per heavy atom. The minimum atomic E-state index is -3.78. The fraction of sp³-hybridized carbons (Fsp3) is 0.375. The highest BCUT2D eigenvalue weighted by molar-refractivity contribution is 7.92. The normalized spacial score (nSPS) is 14.5. The number of anilines is 1. The van der Waals surface area contributed by atoms with Gasteiger partial charge in [0.05, 0.1) is 11.9 Å². The van der Waals surface area contributed by atoms with Crippen LogP contribution in [0.4, 0.5) is 5.69 Å². The fourth-order valence-corrected chi connectivity index (χ4v) is 6.05. The Bertz CT molecular complexity index is 1400. The highest BCUT2D eigenvalue weighted by Gasteiger charge is 2.34. The van der Waals surface area contributed by atoms with Crippen LogP contribution in [0.25, 0.3) is 0 Å². The molecule has 1 N–H and O–H groups in total. The zero-order valence-corrected chi connectivity index (χ0v) is 24.4. The smallest absolute Gasteiger partial charge is 0.244 e. The van der Waals surface area contributed by atoms with Gasteiger partial charge in [-0.1, -0.05) is 85.1 Å². The molecule has 40 heavy (non-hydrogen) atoms. The van der Waals surface area contributed by atoms with Crippen LogP contribution in [0.5, 0.6) is 0 Å². The second kappa shape index (κ2) is 13.1. The Balaban J connectivity index is 1.72. The number of nitrogens with one attached hydrogen (secondary N) is 1. The number of aryl methyl sites for hydroxylation is 2. The van der Waals surface area contributed by atoms with Crippen molar-refractivity contribution in [3.63, 3.8) is 0 Å². The van der Waals surface area contributed by atoms with Gasteiger partial charge in [0.25, 0.3) is 0 Å². The molecule has 3 aromatic carbocycles. The van der Waals surface area contributed by atoms with E-state index in [2.05, 4.69) is 5.32 Å². The van der Waals surface area contributed by atoms with E-state index >= 15 is 0 Å². The monoisotopic (exact) mass is 561 g/mol. The van der Waals surface area contributed by atoms with Crippen molar-refractivity contribution in [3.05, 3.63) is 101 Å². The summed E-state index contributed by atoms with van der Waals surface area (Å²) in [6.45, 7) is 3.64. The van der Waals surface area contributed by atoms with Crippen molar-refractivity contribution in [2.45, 2.75) is 64.6 Å². The highest BCUT2D eigenvalue weighted by atomic mass is 32.2. The SMILES string of the molecule is Cc1ccc(CN(C(=O)CN(c2cccc(C)c2)S(C)(=O)=O)[C@@H](Cc2ccccc2)C(=O)NC2CCCC2)cc1. The van der Waals surface area contributed by atoms with Crippen LogP contribution in [0, 0.1) is 13.8 Å². The Morgan fingerprint density at radius 2 is 1.55 bits per heavy atom. The van der Waals surface area contributed by atoms with E-state index in [1.807, 2.05) is 74.5 Å². The molecule has 1 aliphatic rings. The van der Waals surface area contributed by atoms with E-state index in [1.165, 1.54) is 0 Å². The van der Waals surface area contributed by atoms with Gasteiger partial charge in [0.2, 0.25) is 21.8 Å². The molecule has 3 aromatic rings. The summed E-state index contributed by atoms with van der Waals surface area (Å²) in [5.41, 5.74) is 4.18. The van der Waals surface area contributed by atoms with Crippen LogP contribution in [0.2, 0.25) is 0 Å². The maximum Gasteiger partial charge on any atom is 0.244 e. The first-order valence-corrected chi connectivity index (χ1v) is 15.7. The highest BCUT2D eigenvalue weighted by Crippen LogP contribution is 2.23. The first-order valence-electron chi connectivity index (χ1n) is 13.8. The fourth-order valence-electron chi connectivity index (χ4n) is 5.21. The van der Waals surface area contributed by atoms with E-state index < -0.39 is 28.5 Å². The Kier molecular flexibility index (Phi) is 9.63. The number of nitrogens with zero attached hydrogens (tertiary/aromatic N) is 2. The van der Waals surface area contributed by atoms with Crippen molar-refractivity contribution in [2.24, 2.45) is 0 Å². The van der Waals surface area contributed by atoms with Crippen LogP contribution >= 0.6 is 0 Å². The molecule has 0 aliphatic heterocycles. The van der Waals surface area contributed by atoms with Gasteiger partial charge in [-0.25, -0.2) is 8.42 Å². The van der Waals surface area contributed by atoms with Gasteiger partial charge < -0.3 is 10.2 Å². The van der Waals surface area contributed by atoms with Crippen molar-refractivity contribution >= 4 is 27.5 Å². The van der Waals surface area contributed by atoms with Gasteiger partial charge in [-0.2, -0.15) is 0 Å². The van der Waals surface area contributed by atoms with Crippen LogP contribution in [0.3, 0.4) is 0 Å². The zero-order chi connectivity index (χ0) is 28.7. The minimum absolute atomic E-state index is 0.0851. The number of amides is 2. The summed E-state index contributed by atoms with van der Waals surface area (Å²) in [7, 11) is -3.78. The molecule has 0 radical (unpaired) electrons. The number of carbonyl (C=O) groups excluding carboxylic acids is 2. The molecule has 1 aliphatic carbocycles. The molecule has 1 atom stereocenters. The molecule has 8 heteroatoms. The molecule has 212 valence electrons. The Morgan fingerprint density at radius 1 is 0.875 bits per heavy atom. The summed E-state index contributed by atoms with van der Waals surface area (Å²) in [6.07, 6.45) is 5.40. The maximum absolute atomic E-state index is 14.1. The molecular weight excluding hydrogens is 522 g/mol. The van der Waals surface area contributed by atoms with Crippen molar-refractivity contribution in [1.29, 1.82) is 0 Å². The summed E-state index contributed by atoms with van der Waals surface area (Å²) >= 11 is 0. The van der Waals surface area contributed by atoms with Gasteiger partial charge in [0.15, 0.2) is 0 Å². The lowest BCUT2D eigenvalue weighted by atomic mass is 10.0. The van der Waals surface area contributed by atoms with Crippen LogP contribution in [0.1, 0.15) is 47.9 Å². The van der Waals surface area contributed by atoms with E-state index in [9.17, 15) is 18.0 Å². The van der Waals surface area contributed by atoms with Crippen molar-refractivity contribution < 1.29 is 18.0 Å². The summed E-state index contributed by atoms with van der Waals surface area (Å²) in [5, 5.41) is 3.19. The van der Waals surface area contributed by atoms with E-state index in [1.54, 1.807) is 23.1 Å². The molecule has 0 bridgehead atoms. The van der Waals surface area contributed by atoms with Crippen LogP contribution in [-0.4, -0.2) is 50.0 Å². The van der Waals surface area contributed by atoms with Gasteiger partial charge in [0, 0.05) is 19.0 Å². The third kappa shape index (κ3) is 7.94. The molecule has 0 unspecified atom stereocenters. The van der Waals surface area contributed by atoms with Crippen LogP contribution in [-0.2, 0) is 32.6 Å². The molecule has 2 amide bonds. The number of sulfonamides is 1. The molecule has 0 heterocycles. The molecule has 1 saturated carbocycles. The Labute approximate surface area is 238 Å². The number of benzene rings is 3. The second-order valence-corrected chi connectivity index (χ2v) is 12.7. The molecule has 0 saturated heterocycles. The molecule has 4 rings (SSSR count). The quantitative estimate of drug-likeness (QED) is 0.366. The zero-order valence-electron chi connectivity index (χ0n) is 23.5. The largest absolute Gasteiger partial charge is 0.352 e. The third-order valence-electron chi connectivity index (χ3n) is 7.42. The van der Waals surface area contributed by atoms with E-state index in [0.717, 1.165) is 58.5 Å². The maximum atomic E-state index is 14.1. The number of hydrogen-bond acceptors (Lipinski definition) is 4. The van der Waals surface area contributed by atoms with Gasteiger partial charge in [-0.05, 0) is 55.5 Å². The molecule has 1 fully saturated rings. The van der Waals surface area contributed by atoms with Crippen molar-refractivity contribution in [2.75, 3.05) is 17.1 Å². The van der Waals surface area contributed by atoms with Gasteiger partial charge in [-0.15, -0.1) is 0 Å². The van der Waals surface area contributed by atoms with Crippen molar-refractivity contribution in [3.8, 4) is 0 Å². The predicted octanol–water partition coefficient (Wildman–Crippen LogP) is 4.77. The first-order chi connectivity index (χ1) is 19.1. The first kappa shape index (κ1) is 29.3. The van der Waals surface area contributed by atoms with Crippen molar-refractivity contribution in [1.82, 2.24) is 10.2 Å².